The van der Waals surface area contributed by atoms with Crippen molar-refractivity contribution < 1.29 is 23.7 Å². The average molecular weight is 414 g/mol. The Morgan fingerprint density at radius 1 is 0.833 bits per heavy atom. The minimum Gasteiger partial charge on any atom is -0.355 e. The van der Waals surface area contributed by atoms with Crippen LogP contribution >= 0.6 is 0 Å². The van der Waals surface area contributed by atoms with Gasteiger partial charge in [-0.25, -0.2) is 0 Å². The molecule has 0 aromatic heterocycles. The van der Waals surface area contributed by atoms with Gasteiger partial charge in [-0.2, -0.15) is 0 Å². The van der Waals surface area contributed by atoms with E-state index in [-0.39, 0.29) is 29.8 Å². The van der Waals surface area contributed by atoms with Gasteiger partial charge >= 0.3 is 0 Å². The Bertz CT molecular complexity index is 757. The first-order valence-electron chi connectivity index (χ1n) is 11.4. The van der Waals surface area contributed by atoms with E-state index in [2.05, 4.69) is 5.32 Å². The van der Waals surface area contributed by atoms with E-state index in [1.54, 1.807) is 0 Å². The monoisotopic (exact) mass is 413 g/mol. The fraction of sp³-hybridized carbons (Fsp3) is 0.708. The first kappa shape index (κ1) is 19.2. The minimum absolute atomic E-state index is 0.0369. The van der Waals surface area contributed by atoms with Crippen LogP contribution in [0.5, 0.6) is 0 Å². The summed E-state index contributed by atoms with van der Waals surface area (Å²) < 4.78 is 22.7. The van der Waals surface area contributed by atoms with Gasteiger partial charge in [0.25, 0.3) is 5.91 Å². The molecule has 0 radical (unpaired) electrons. The quantitative estimate of drug-likeness (QED) is 0.823. The second kappa shape index (κ2) is 7.30. The maximum atomic E-state index is 13.1. The van der Waals surface area contributed by atoms with Crippen LogP contribution in [0.4, 0.5) is 0 Å². The molecule has 2 aliphatic heterocycles. The van der Waals surface area contributed by atoms with Gasteiger partial charge in [0.05, 0.1) is 31.3 Å². The number of hydrogen-bond donors (Lipinski definition) is 1. The smallest absolute Gasteiger partial charge is 0.251 e. The number of ether oxygens (including phenoxy) is 4. The van der Waals surface area contributed by atoms with E-state index in [0.29, 0.717) is 26.6 Å². The van der Waals surface area contributed by atoms with E-state index in [4.69, 9.17) is 18.9 Å². The van der Waals surface area contributed by atoms with E-state index in [0.717, 1.165) is 28.9 Å². The van der Waals surface area contributed by atoms with Crippen molar-refractivity contribution in [2.75, 3.05) is 33.4 Å². The van der Waals surface area contributed by atoms with Crippen LogP contribution in [0.3, 0.4) is 0 Å². The van der Waals surface area contributed by atoms with Crippen molar-refractivity contribution in [2.24, 2.45) is 23.2 Å². The highest BCUT2D eigenvalue weighted by Crippen LogP contribution is 2.55. The second-order valence-electron chi connectivity index (χ2n) is 10.5. The summed E-state index contributed by atoms with van der Waals surface area (Å²) in [6.45, 7) is 2.22. The zero-order valence-electron chi connectivity index (χ0n) is 17.4. The summed E-state index contributed by atoms with van der Waals surface area (Å²) in [7, 11) is 0. The molecule has 1 N–H and O–H groups in total. The summed E-state index contributed by atoms with van der Waals surface area (Å²) in [5.41, 5.74) is 1.47. The van der Waals surface area contributed by atoms with Crippen LogP contribution < -0.4 is 5.32 Å². The second-order valence-corrected chi connectivity index (χ2v) is 10.5. The lowest BCUT2D eigenvalue weighted by Crippen LogP contribution is -2.59. The van der Waals surface area contributed by atoms with Crippen molar-refractivity contribution in [1.29, 1.82) is 0 Å². The summed E-state index contributed by atoms with van der Waals surface area (Å²) in [6, 6.07) is 7.90. The number of nitrogens with one attached hydrogen (secondary N) is 1. The highest BCUT2D eigenvalue weighted by molar-refractivity contribution is 5.94. The van der Waals surface area contributed by atoms with Crippen molar-refractivity contribution >= 4 is 5.91 Å². The van der Waals surface area contributed by atoms with Crippen molar-refractivity contribution in [1.82, 2.24) is 5.32 Å². The van der Waals surface area contributed by atoms with Crippen LogP contribution in [-0.4, -0.2) is 44.9 Å². The van der Waals surface area contributed by atoms with E-state index in [1.807, 2.05) is 24.3 Å². The largest absolute Gasteiger partial charge is 0.355 e. The lowest BCUT2D eigenvalue weighted by atomic mass is 9.53. The van der Waals surface area contributed by atoms with Gasteiger partial charge in [-0.15, -0.1) is 0 Å². The van der Waals surface area contributed by atoms with Gasteiger partial charge in [-0.1, -0.05) is 12.1 Å². The Hall–Kier alpha value is -1.47. The Balaban J connectivity index is 1.18. The van der Waals surface area contributed by atoms with Crippen LogP contribution in [0.25, 0.3) is 0 Å². The summed E-state index contributed by atoms with van der Waals surface area (Å²) in [5.74, 6) is 2.53. The predicted octanol–water partition coefficient (Wildman–Crippen LogP) is 3.42. The molecular formula is C24H31NO5. The van der Waals surface area contributed by atoms with Gasteiger partial charge in [0.15, 0.2) is 0 Å². The molecule has 30 heavy (non-hydrogen) atoms. The molecule has 6 nitrogen and oxygen atoms in total. The molecule has 1 amide bonds. The topological polar surface area (TPSA) is 66.0 Å². The molecule has 6 heteroatoms. The van der Waals surface area contributed by atoms with Gasteiger partial charge in [0.1, 0.15) is 13.6 Å². The fourth-order valence-electron chi connectivity index (χ4n) is 7.27. The van der Waals surface area contributed by atoms with Crippen molar-refractivity contribution in [3.05, 3.63) is 35.4 Å². The van der Waals surface area contributed by atoms with Crippen LogP contribution in [0.15, 0.2) is 24.3 Å². The van der Waals surface area contributed by atoms with Gasteiger partial charge in [0.2, 0.25) is 0 Å². The highest BCUT2D eigenvalue weighted by Gasteiger charge is 2.51. The Kier molecular flexibility index (Phi) is 4.68. The van der Waals surface area contributed by atoms with Crippen LogP contribution in [0.1, 0.15) is 60.6 Å². The standard InChI is InChI=1S/C24H31NO5/c26-22(25-24-8-16-5-17(9-24)7-18(6-16)10-24)20-3-1-19(2-4-20)21-23(13-29-15-30-21)11-27-14-28-12-23/h1-4,16-18,21H,5-15H2,(H,25,26). The molecule has 2 heterocycles. The SMILES string of the molecule is O=C(NC12CC3CC(CC(C3)C1)C2)c1ccc(C2OCOCC23COCOC3)cc1. The van der Waals surface area contributed by atoms with Gasteiger partial charge in [0, 0.05) is 11.1 Å². The molecule has 1 aromatic carbocycles. The van der Waals surface area contributed by atoms with Gasteiger partial charge in [-0.3, -0.25) is 4.79 Å². The summed E-state index contributed by atoms with van der Waals surface area (Å²) in [5, 5.41) is 3.47. The van der Waals surface area contributed by atoms with Gasteiger partial charge in [-0.05, 0) is 74.0 Å². The van der Waals surface area contributed by atoms with E-state index < -0.39 is 0 Å². The van der Waals surface area contributed by atoms with Crippen LogP contribution in [0, 0.1) is 23.2 Å². The molecule has 4 aliphatic carbocycles. The molecule has 2 saturated heterocycles. The van der Waals surface area contributed by atoms with Crippen molar-refractivity contribution in [3.8, 4) is 0 Å². The van der Waals surface area contributed by atoms with Crippen molar-refractivity contribution in [2.45, 2.75) is 50.2 Å². The number of carbonyl (C=O) groups excluding carboxylic acids is 1. The van der Waals surface area contributed by atoms with E-state index in [9.17, 15) is 4.79 Å². The number of rotatable bonds is 3. The zero-order chi connectivity index (χ0) is 20.2. The van der Waals surface area contributed by atoms with Gasteiger partial charge < -0.3 is 24.3 Å². The van der Waals surface area contributed by atoms with E-state index in [1.165, 1.54) is 38.5 Å². The maximum Gasteiger partial charge on any atom is 0.251 e. The summed E-state index contributed by atoms with van der Waals surface area (Å²) >= 11 is 0. The molecule has 6 fully saturated rings. The molecular weight excluding hydrogens is 382 g/mol. The fourth-order valence-corrected chi connectivity index (χ4v) is 7.27. The Morgan fingerprint density at radius 3 is 2.00 bits per heavy atom. The molecule has 1 spiro atoms. The lowest BCUT2D eigenvalue weighted by molar-refractivity contribution is -0.279. The minimum atomic E-state index is -0.334. The number of amides is 1. The molecule has 1 atom stereocenters. The highest BCUT2D eigenvalue weighted by atomic mass is 16.7. The number of benzene rings is 1. The third kappa shape index (κ3) is 3.29. The first-order chi connectivity index (χ1) is 14.6. The predicted molar refractivity (Wildman–Crippen MR) is 109 cm³/mol. The zero-order valence-corrected chi connectivity index (χ0v) is 17.4. The van der Waals surface area contributed by atoms with Crippen LogP contribution in [-0.2, 0) is 18.9 Å². The third-order valence-corrected chi connectivity index (χ3v) is 8.10. The normalized spacial score (nSPS) is 39.2. The molecule has 162 valence electrons. The Morgan fingerprint density at radius 2 is 1.40 bits per heavy atom. The number of hydrogen-bond acceptors (Lipinski definition) is 5. The molecule has 1 unspecified atom stereocenters. The van der Waals surface area contributed by atoms with E-state index >= 15 is 0 Å². The molecule has 4 saturated carbocycles. The Labute approximate surface area is 177 Å². The van der Waals surface area contributed by atoms with Crippen LogP contribution in [0.2, 0.25) is 0 Å². The average Bonchev–Trinajstić information content (AvgIpc) is 2.73. The molecule has 7 rings (SSSR count). The third-order valence-electron chi connectivity index (χ3n) is 8.10. The lowest BCUT2D eigenvalue weighted by Gasteiger charge is -2.56. The molecule has 6 aliphatic rings. The van der Waals surface area contributed by atoms with Crippen molar-refractivity contribution in [3.63, 3.8) is 0 Å². The molecule has 1 aromatic rings. The summed E-state index contributed by atoms with van der Waals surface area (Å²) in [6.07, 6.45) is 7.48. The first-order valence-corrected chi connectivity index (χ1v) is 11.4. The maximum absolute atomic E-state index is 13.1. The number of carbonyl (C=O) groups is 1. The molecule has 4 bridgehead atoms. The summed E-state index contributed by atoms with van der Waals surface area (Å²) in [4.78, 5) is 13.1.